The first-order valence-corrected chi connectivity index (χ1v) is 10.7. The molecular weight excluding hydrogens is 393 g/mol. The third-order valence-corrected chi connectivity index (χ3v) is 7.08. The molecule has 1 saturated heterocycles. The maximum absolute atomic E-state index is 13.6. The summed E-state index contributed by atoms with van der Waals surface area (Å²) in [4.78, 5) is 16.6. The lowest BCUT2D eigenvalue weighted by Gasteiger charge is -2.24. The number of hydrogen-bond donors (Lipinski definition) is 1. The fourth-order valence-electron chi connectivity index (χ4n) is 3.05. The van der Waals surface area contributed by atoms with Crippen LogP contribution in [-0.4, -0.2) is 43.3 Å². The number of carbonyl (C=O) groups is 1. The number of halogens is 1. The van der Waals surface area contributed by atoms with Crippen LogP contribution in [0.2, 0.25) is 0 Å². The fourth-order valence-corrected chi connectivity index (χ4v) is 5.49. The number of ether oxygens (including phenoxy) is 1. The lowest BCUT2D eigenvalue weighted by Crippen LogP contribution is -2.45. The summed E-state index contributed by atoms with van der Waals surface area (Å²) in [6.45, 7) is 2.29. The van der Waals surface area contributed by atoms with Crippen LogP contribution < -0.4 is 10.1 Å². The maximum atomic E-state index is 13.6. The number of thiazole rings is 1. The second-order valence-corrected chi connectivity index (χ2v) is 9.07. The highest BCUT2D eigenvalue weighted by atomic mass is 32.2. The summed E-state index contributed by atoms with van der Waals surface area (Å²) in [6, 6.07) is 2.46. The van der Waals surface area contributed by atoms with Crippen molar-refractivity contribution in [1.29, 1.82) is 0 Å². The van der Waals surface area contributed by atoms with Crippen molar-refractivity contribution in [2.24, 2.45) is 0 Å². The Morgan fingerprint density at radius 2 is 2.26 bits per heavy atom. The minimum atomic E-state index is -4.08. The second-order valence-electron chi connectivity index (χ2n) is 6.14. The molecule has 0 bridgehead atoms. The van der Waals surface area contributed by atoms with Gasteiger partial charge in [0.2, 0.25) is 15.9 Å². The van der Waals surface area contributed by atoms with Crippen molar-refractivity contribution in [2.45, 2.75) is 37.2 Å². The molecule has 27 heavy (non-hydrogen) atoms. The van der Waals surface area contributed by atoms with E-state index in [2.05, 4.69) is 10.3 Å². The van der Waals surface area contributed by atoms with Crippen molar-refractivity contribution in [3.8, 4) is 5.75 Å². The molecule has 1 atom stereocenters. The first-order valence-electron chi connectivity index (χ1n) is 8.37. The lowest BCUT2D eigenvalue weighted by molar-refractivity contribution is -0.124. The molecule has 1 unspecified atom stereocenters. The zero-order valence-corrected chi connectivity index (χ0v) is 16.6. The van der Waals surface area contributed by atoms with Gasteiger partial charge in [-0.2, -0.15) is 4.31 Å². The molecule has 146 valence electrons. The molecule has 1 amide bonds. The zero-order chi connectivity index (χ0) is 19.6. The lowest BCUT2D eigenvalue weighted by atomic mass is 10.2. The maximum Gasteiger partial charge on any atom is 0.247 e. The second kappa shape index (κ2) is 7.91. The molecule has 10 heteroatoms. The SMILES string of the molecule is COc1ccc(F)cc1S(=O)(=O)N1CCCC1C(=O)NCc1csc(C)n1. The Kier molecular flexibility index (Phi) is 5.78. The van der Waals surface area contributed by atoms with Crippen LogP contribution in [0.3, 0.4) is 0 Å². The number of benzene rings is 1. The number of methoxy groups -OCH3 is 1. The molecule has 0 radical (unpaired) electrons. The number of hydrogen-bond acceptors (Lipinski definition) is 6. The quantitative estimate of drug-likeness (QED) is 0.783. The van der Waals surface area contributed by atoms with E-state index in [9.17, 15) is 17.6 Å². The summed E-state index contributed by atoms with van der Waals surface area (Å²) >= 11 is 1.48. The Balaban J connectivity index is 1.80. The monoisotopic (exact) mass is 413 g/mol. The smallest absolute Gasteiger partial charge is 0.247 e. The molecule has 0 spiro atoms. The van der Waals surface area contributed by atoms with E-state index in [0.717, 1.165) is 27.1 Å². The van der Waals surface area contributed by atoms with Crippen molar-refractivity contribution in [2.75, 3.05) is 13.7 Å². The Bertz CT molecular complexity index is 945. The number of amides is 1. The van der Waals surface area contributed by atoms with Gasteiger partial charge in [-0.05, 0) is 38.0 Å². The number of aryl methyl sites for hydroxylation is 1. The van der Waals surface area contributed by atoms with Gasteiger partial charge in [0.1, 0.15) is 22.5 Å². The molecule has 3 rings (SSSR count). The first-order chi connectivity index (χ1) is 12.8. The molecule has 1 aliphatic heterocycles. The molecular formula is C17H20FN3O4S2. The highest BCUT2D eigenvalue weighted by Crippen LogP contribution is 2.32. The molecule has 0 saturated carbocycles. The molecule has 2 heterocycles. The van der Waals surface area contributed by atoms with Crippen molar-refractivity contribution < 1.29 is 22.3 Å². The predicted octanol–water partition coefficient (Wildman–Crippen LogP) is 2.07. The van der Waals surface area contributed by atoms with Crippen LogP contribution in [0.5, 0.6) is 5.75 Å². The molecule has 1 aliphatic rings. The van der Waals surface area contributed by atoms with Gasteiger partial charge in [-0.15, -0.1) is 11.3 Å². The van der Waals surface area contributed by atoms with Crippen LogP contribution in [0, 0.1) is 12.7 Å². The number of nitrogens with one attached hydrogen (secondary N) is 1. The summed E-state index contributed by atoms with van der Waals surface area (Å²) in [5.74, 6) is -1.04. The Hall–Kier alpha value is -2.04. The van der Waals surface area contributed by atoms with Gasteiger partial charge in [-0.3, -0.25) is 4.79 Å². The van der Waals surface area contributed by atoms with Crippen LogP contribution in [0.25, 0.3) is 0 Å². The number of sulfonamides is 1. The van der Waals surface area contributed by atoms with Gasteiger partial charge >= 0.3 is 0 Å². The number of carbonyl (C=O) groups excluding carboxylic acids is 1. The standard InChI is InChI=1S/C17H20FN3O4S2/c1-11-20-13(10-26-11)9-19-17(22)14-4-3-7-21(14)27(23,24)16-8-12(18)5-6-15(16)25-2/h5-6,8,10,14H,3-4,7,9H2,1-2H3,(H,19,22). The van der Waals surface area contributed by atoms with E-state index >= 15 is 0 Å². The predicted molar refractivity (Wildman–Crippen MR) is 98.6 cm³/mol. The molecule has 1 aromatic carbocycles. The molecule has 1 N–H and O–H groups in total. The summed E-state index contributed by atoms with van der Waals surface area (Å²) in [6.07, 6.45) is 0.948. The average Bonchev–Trinajstić information content (AvgIpc) is 3.29. The van der Waals surface area contributed by atoms with Gasteiger partial charge in [0, 0.05) is 11.9 Å². The minimum absolute atomic E-state index is 0.0420. The van der Waals surface area contributed by atoms with Gasteiger partial charge in [-0.25, -0.2) is 17.8 Å². The van der Waals surface area contributed by atoms with E-state index < -0.39 is 27.8 Å². The third kappa shape index (κ3) is 4.12. The van der Waals surface area contributed by atoms with Crippen LogP contribution in [0.1, 0.15) is 23.5 Å². The van der Waals surface area contributed by atoms with E-state index in [4.69, 9.17) is 4.74 Å². The highest BCUT2D eigenvalue weighted by Gasteiger charge is 2.40. The largest absolute Gasteiger partial charge is 0.495 e. The topological polar surface area (TPSA) is 88.6 Å². The Labute approximate surface area is 161 Å². The number of nitrogens with zero attached hydrogens (tertiary/aromatic N) is 2. The van der Waals surface area contributed by atoms with E-state index in [0.29, 0.717) is 12.8 Å². The van der Waals surface area contributed by atoms with Crippen molar-refractivity contribution >= 4 is 27.3 Å². The third-order valence-electron chi connectivity index (χ3n) is 4.33. The molecule has 2 aromatic rings. The van der Waals surface area contributed by atoms with Crippen LogP contribution >= 0.6 is 11.3 Å². The van der Waals surface area contributed by atoms with Gasteiger partial charge in [-0.1, -0.05) is 0 Å². The van der Waals surface area contributed by atoms with E-state index in [1.54, 1.807) is 0 Å². The van der Waals surface area contributed by atoms with Crippen LogP contribution in [0.15, 0.2) is 28.5 Å². The summed E-state index contributed by atoms with van der Waals surface area (Å²) < 4.78 is 45.9. The average molecular weight is 413 g/mol. The first kappa shape index (κ1) is 19.7. The van der Waals surface area contributed by atoms with E-state index in [1.165, 1.54) is 24.5 Å². The minimum Gasteiger partial charge on any atom is -0.495 e. The molecule has 0 aliphatic carbocycles. The normalized spacial score (nSPS) is 17.8. The van der Waals surface area contributed by atoms with E-state index in [-0.39, 0.29) is 23.7 Å². The Morgan fingerprint density at radius 1 is 1.48 bits per heavy atom. The molecule has 1 aromatic heterocycles. The summed E-state index contributed by atoms with van der Waals surface area (Å²) in [5, 5.41) is 5.48. The van der Waals surface area contributed by atoms with Gasteiger partial charge in [0.15, 0.2) is 0 Å². The van der Waals surface area contributed by atoms with Crippen molar-refractivity contribution in [3.05, 3.63) is 40.1 Å². The molecule has 7 nitrogen and oxygen atoms in total. The number of aromatic nitrogens is 1. The zero-order valence-electron chi connectivity index (χ0n) is 14.9. The van der Waals surface area contributed by atoms with Crippen LogP contribution in [0.4, 0.5) is 4.39 Å². The van der Waals surface area contributed by atoms with E-state index in [1.807, 2.05) is 12.3 Å². The highest BCUT2D eigenvalue weighted by molar-refractivity contribution is 7.89. The fraction of sp³-hybridized carbons (Fsp3) is 0.412. The van der Waals surface area contributed by atoms with Gasteiger partial charge in [0.05, 0.1) is 24.4 Å². The van der Waals surface area contributed by atoms with Crippen LogP contribution in [-0.2, 0) is 21.4 Å². The van der Waals surface area contributed by atoms with Gasteiger partial charge < -0.3 is 10.1 Å². The van der Waals surface area contributed by atoms with Crippen molar-refractivity contribution in [3.63, 3.8) is 0 Å². The summed E-state index contributed by atoms with van der Waals surface area (Å²) in [7, 11) is -2.77. The van der Waals surface area contributed by atoms with Crippen molar-refractivity contribution in [1.82, 2.24) is 14.6 Å². The summed E-state index contributed by atoms with van der Waals surface area (Å²) in [5.41, 5.74) is 0.727. The Morgan fingerprint density at radius 3 is 2.93 bits per heavy atom. The van der Waals surface area contributed by atoms with Gasteiger partial charge in [0.25, 0.3) is 0 Å². The molecule has 1 fully saturated rings. The number of rotatable bonds is 6.